The van der Waals surface area contributed by atoms with Crippen LogP contribution in [0.1, 0.15) is 34.3 Å². The van der Waals surface area contributed by atoms with Crippen LogP contribution in [-0.4, -0.2) is 36.9 Å². The van der Waals surface area contributed by atoms with Crippen molar-refractivity contribution < 1.29 is 18.3 Å². The average Bonchev–Trinajstić information content (AvgIpc) is 2.86. The van der Waals surface area contributed by atoms with Gasteiger partial charge >= 0.3 is 5.97 Å². The number of sulfonamides is 1. The molecule has 1 aliphatic heterocycles. The average molecular weight is 283 g/mol. The van der Waals surface area contributed by atoms with Crippen LogP contribution in [0.5, 0.6) is 0 Å². The van der Waals surface area contributed by atoms with Crippen LogP contribution in [0.3, 0.4) is 0 Å². The molecule has 0 saturated carbocycles. The minimum atomic E-state index is -3.58. The molecule has 0 spiro atoms. The standard InChI is InChI=1S/C13H17NO4S/c1-9-7-11(13(15)16)8-12(10(9)2)19(17,18)14-5-3-4-6-14/h7-8H,3-6H2,1-2H3,(H,15,16). The van der Waals surface area contributed by atoms with Gasteiger partial charge in [0.25, 0.3) is 0 Å². The smallest absolute Gasteiger partial charge is 0.335 e. The number of carboxylic acids is 1. The summed E-state index contributed by atoms with van der Waals surface area (Å²) in [6.45, 7) is 4.46. The summed E-state index contributed by atoms with van der Waals surface area (Å²) in [4.78, 5) is 11.2. The zero-order chi connectivity index (χ0) is 14.2. The van der Waals surface area contributed by atoms with Crippen molar-refractivity contribution in [2.24, 2.45) is 0 Å². The van der Waals surface area contributed by atoms with E-state index in [1.165, 1.54) is 16.4 Å². The summed E-state index contributed by atoms with van der Waals surface area (Å²) in [6, 6.07) is 2.76. The molecule has 0 amide bonds. The number of carboxylic acid groups (broad SMARTS) is 1. The Morgan fingerprint density at radius 3 is 2.32 bits per heavy atom. The lowest BCUT2D eigenvalue weighted by atomic mass is 10.1. The summed E-state index contributed by atoms with van der Waals surface area (Å²) in [6.07, 6.45) is 1.71. The first-order chi connectivity index (χ1) is 8.84. The Hall–Kier alpha value is -1.40. The van der Waals surface area contributed by atoms with E-state index in [0.29, 0.717) is 24.2 Å². The first-order valence-electron chi connectivity index (χ1n) is 6.18. The van der Waals surface area contributed by atoms with E-state index in [1.807, 2.05) is 0 Å². The second-order valence-corrected chi connectivity index (χ2v) is 6.74. The number of aromatic carboxylic acids is 1. The number of benzene rings is 1. The summed E-state index contributed by atoms with van der Waals surface area (Å²) < 4.78 is 26.5. The van der Waals surface area contributed by atoms with Crippen molar-refractivity contribution in [3.63, 3.8) is 0 Å². The third kappa shape index (κ3) is 2.50. The van der Waals surface area contributed by atoms with Crippen LogP contribution in [0.25, 0.3) is 0 Å². The maximum atomic E-state index is 12.5. The topological polar surface area (TPSA) is 74.7 Å². The quantitative estimate of drug-likeness (QED) is 0.917. The van der Waals surface area contributed by atoms with Crippen molar-refractivity contribution in [1.29, 1.82) is 0 Å². The molecule has 0 aliphatic carbocycles. The van der Waals surface area contributed by atoms with Gasteiger partial charge in [0.1, 0.15) is 0 Å². The van der Waals surface area contributed by atoms with Gasteiger partial charge in [-0.1, -0.05) is 0 Å². The lowest BCUT2D eigenvalue weighted by Crippen LogP contribution is -2.28. The van der Waals surface area contributed by atoms with Gasteiger partial charge in [0.15, 0.2) is 0 Å². The molecule has 1 aromatic rings. The first kappa shape index (κ1) is 14.0. The maximum absolute atomic E-state index is 12.5. The Labute approximate surface area is 112 Å². The summed E-state index contributed by atoms with van der Waals surface area (Å²) in [5.74, 6) is -1.11. The Morgan fingerprint density at radius 1 is 1.21 bits per heavy atom. The second kappa shape index (κ2) is 4.94. The van der Waals surface area contributed by atoms with Crippen LogP contribution >= 0.6 is 0 Å². The Morgan fingerprint density at radius 2 is 1.79 bits per heavy atom. The van der Waals surface area contributed by atoms with Gasteiger partial charge in [-0.05, 0) is 49.9 Å². The maximum Gasteiger partial charge on any atom is 0.335 e. The predicted molar refractivity (Wildman–Crippen MR) is 70.9 cm³/mol. The molecule has 2 rings (SSSR count). The van der Waals surface area contributed by atoms with E-state index in [1.54, 1.807) is 13.8 Å². The van der Waals surface area contributed by atoms with E-state index in [9.17, 15) is 13.2 Å². The number of carbonyl (C=O) groups is 1. The van der Waals surface area contributed by atoms with Gasteiger partial charge < -0.3 is 5.11 Å². The van der Waals surface area contributed by atoms with Gasteiger partial charge in [-0.15, -0.1) is 0 Å². The minimum Gasteiger partial charge on any atom is -0.478 e. The van der Waals surface area contributed by atoms with Gasteiger partial charge in [-0.3, -0.25) is 0 Å². The number of nitrogens with zero attached hydrogens (tertiary/aromatic N) is 1. The molecule has 1 aliphatic rings. The zero-order valence-electron chi connectivity index (χ0n) is 11.0. The Kier molecular flexibility index (Phi) is 3.64. The van der Waals surface area contributed by atoms with Crippen molar-refractivity contribution >= 4 is 16.0 Å². The largest absolute Gasteiger partial charge is 0.478 e. The molecule has 1 aromatic carbocycles. The van der Waals surface area contributed by atoms with Gasteiger partial charge in [0, 0.05) is 13.1 Å². The van der Waals surface area contributed by atoms with Crippen LogP contribution in [0.15, 0.2) is 17.0 Å². The number of hydrogen-bond donors (Lipinski definition) is 1. The van der Waals surface area contributed by atoms with Crippen molar-refractivity contribution in [2.75, 3.05) is 13.1 Å². The highest BCUT2D eigenvalue weighted by Crippen LogP contribution is 2.26. The first-order valence-corrected chi connectivity index (χ1v) is 7.62. The molecule has 1 fully saturated rings. The van der Waals surface area contributed by atoms with Crippen LogP contribution < -0.4 is 0 Å². The Bertz CT molecular complexity index is 616. The third-order valence-electron chi connectivity index (χ3n) is 3.55. The van der Waals surface area contributed by atoms with Gasteiger partial charge in [0.2, 0.25) is 10.0 Å². The molecular formula is C13H17NO4S. The highest BCUT2D eigenvalue weighted by Gasteiger charge is 2.29. The summed E-state index contributed by atoms with van der Waals surface area (Å²) in [7, 11) is -3.58. The highest BCUT2D eigenvalue weighted by molar-refractivity contribution is 7.89. The number of rotatable bonds is 3. The fourth-order valence-corrected chi connectivity index (χ4v) is 4.13. The molecule has 5 nitrogen and oxygen atoms in total. The van der Waals surface area contributed by atoms with Crippen LogP contribution in [0.2, 0.25) is 0 Å². The SMILES string of the molecule is Cc1cc(C(=O)O)cc(S(=O)(=O)N2CCCC2)c1C. The van der Waals surface area contributed by atoms with Crippen molar-refractivity contribution in [1.82, 2.24) is 4.31 Å². The van der Waals surface area contributed by atoms with Crippen LogP contribution in [0, 0.1) is 13.8 Å². The van der Waals surface area contributed by atoms with E-state index < -0.39 is 16.0 Å². The molecule has 1 N–H and O–H groups in total. The molecular weight excluding hydrogens is 266 g/mol. The van der Waals surface area contributed by atoms with E-state index in [4.69, 9.17) is 5.11 Å². The monoisotopic (exact) mass is 283 g/mol. The van der Waals surface area contributed by atoms with Crippen molar-refractivity contribution in [3.8, 4) is 0 Å². The summed E-state index contributed by atoms with van der Waals surface area (Å²) in [5.41, 5.74) is 1.32. The fraction of sp³-hybridized carbons (Fsp3) is 0.462. The minimum absolute atomic E-state index is 0.0147. The highest BCUT2D eigenvalue weighted by atomic mass is 32.2. The van der Waals surface area contributed by atoms with Crippen molar-refractivity contribution in [3.05, 3.63) is 28.8 Å². The lowest BCUT2D eigenvalue weighted by molar-refractivity contribution is 0.0696. The van der Waals surface area contributed by atoms with Gasteiger partial charge in [-0.25, -0.2) is 13.2 Å². The zero-order valence-corrected chi connectivity index (χ0v) is 11.8. The molecule has 19 heavy (non-hydrogen) atoms. The fourth-order valence-electron chi connectivity index (χ4n) is 2.29. The molecule has 0 aromatic heterocycles. The third-order valence-corrected chi connectivity index (χ3v) is 5.57. The molecule has 0 unspecified atom stereocenters. The summed E-state index contributed by atoms with van der Waals surface area (Å²) >= 11 is 0. The van der Waals surface area contributed by atoms with E-state index in [-0.39, 0.29) is 10.5 Å². The molecule has 0 radical (unpaired) electrons. The predicted octanol–water partition coefficient (Wildman–Crippen LogP) is 1.79. The molecule has 0 bridgehead atoms. The molecule has 0 atom stereocenters. The Balaban J connectivity index is 2.57. The van der Waals surface area contributed by atoms with Crippen LogP contribution in [0.4, 0.5) is 0 Å². The van der Waals surface area contributed by atoms with Gasteiger partial charge in [-0.2, -0.15) is 4.31 Å². The molecule has 6 heteroatoms. The number of aryl methyl sites for hydroxylation is 1. The normalized spacial score (nSPS) is 16.7. The van der Waals surface area contributed by atoms with Crippen LogP contribution in [-0.2, 0) is 10.0 Å². The number of hydrogen-bond acceptors (Lipinski definition) is 3. The van der Waals surface area contributed by atoms with Crippen molar-refractivity contribution in [2.45, 2.75) is 31.6 Å². The van der Waals surface area contributed by atoms with E-state index >= 15 is 0 Å². The molecule has 104 valence electrons. The van der Waals surface area contributed by atoms with E-state index in [2.05, 4.69) is 0 Å². The summed E-state index contributed by atoms with van der Waals surface area (Å²) in [5, 5.41) is 9.05. The second-order valence-electron chi connectivity index (χ2n) is 4.83. The molecule has 1 saturated heterocycles. The van der Waals surface area contributed by atoms with Gasteiger partial charge in [0.05, 0.1) is 10.5 Å². The lowest BCUT2D eigenvalue weighted by Gasteiger charge is -2.18. The molecule has 1 heterocycles. The van der Waals surface area contributed by atoms with E-state index in [0.717, 1.165) is 12.8 Å².